The Morgan fingerprint density at radius 2 is 2.05 bits per heavy atom. The molecule has 0 N–H and O–H groups in total. The predicted octanol–water partition coefficient (Wildman–Crippen LogP) is 1.85. The van der Waals surface area contributed by atoms with E-state index in [4.69, 9.17) is 11.6 Å². The van der Waals surface area contributed by atoms with Crippen LogP contribution in [0.15, 0.2) is 17.8 Å². The molecule has 7 heteroatoms. The molecule has 3 heterocycles. The Balaban J connectivity index is 1.57. The van der Waals surface area contributed by atoms with Crippen molar-refractivity contribution in [1.29, 1.82) is 0 Å². The normalized spacial score (nSPS) is 17.1. The van der Waals surface area contributed by atoms with Crippen molar-refractivity contribution in [2.75, 3.05) is 31.1 Å². The van der Waals surface area contributed by atoms with Crippen LogP contribution in [0, 0.1) is 0 Å². The molecular weight excluding hydrogens is 282 g/mol. The van der Waals surface area contributed by atoms with E-state index in [-0.39, 0.29) is 0 Å². The second-order valence-corrected chi connectivity index (χ2v) is 5.89. The summed E-state index contributed by atoms with van der Waals surface area (Å²) in [7, 11) is 1.95. The molecule has 1 fully saturated rings. The van der Waals surface area contributed by atoms with Crippen LogP contribution in [-0.2, 0) is 13.6 Å². The molecule has 0 aromatic carbocycles. The summed E-state index contributed by atoms with van der Waals surface area (Å²) in [5, 5.41) is 3.84. The lowest BCUT2D eigenvalue weighted by molar-refractivity contribution is 0.242. The van der Waals surface area contributed by atoms with Gasteiger partial charge in [0.1, 0.15) is 11.0 Å². The summed E-state index contributed by atoms with van der Waals surface area (Å²) in [6, 6.07) is 0. The molecule has 0 aliphatic carbocycles. The van der Waals surface area contributed by atoms with E-state index < -0.39 is 0 Å². The molecule has 0 spiro atoms. The van der Waals surface area contributed by atoms with Gasteiger partial charge in [-0.25, -0.2) is 9.97 Å². The van der Waals surface area contributed by atoms with E-state index in [0.717, 1.165) is 43.7 Å². The Bertz CT molecular complexity index is 530. The summed E-state index contributed by atoms with van der Waals surface area (Å²) in [5.41, 5.74) is 0. The number of thiazole rings is 1. The van der Waals surface area contributed by atoms with Crippen molar-refractivity contribution in [3.8, 4) is 0 Å². The van der Waals surface area contributed by atoms with Crippen molar-refractivity contribution in [2.45, 2.75) is 6.54 Å². The third-order valence-corrected chi connectivity index (χ3v) is 4.64. The van der Waals surface area contributed by atoms with Crippen LogP contribution >= 0.6 is 22.9 Å². The van der Waals surface area contributed by atoms with Gasteiger partial charge in [-0.3, -0.25) is 4.90 Å². The standard InChI is InChI=1S/C12H16ClN5S/c1-16-10(13)8-15-11(16)9-17-3-5-18(6-4-17)12-14-2-7-19-12/h2,7-8H,3-6,9H2,1H3. The van der Waals surface area contributed by atoms with Crippen LogP contribution in [0.4, 0.5) is 5.13 Å². The lowest BCUT2D eigenvalue weighted by Crippen LogP contribution is -2.46. The highest BCUT2D eigenvalue weighted by atomic mass is 35.5. The predicted molar refractivity (Wildman–Crippen MR) is 77.8 cm³/mol. The summed E-state index contributed by atoms with van der Waals surface area (Å²) in [4.78, 5) is 13.4. The van der Waals surface area contributed by atoms with Crippen LogP contribution in [0.5, 0.6) is 0 Å². The molecule has 0 unspecified atom stereocenters. The number of hydrogen-bond acceptors (Lipinski definition) is 5. The first-order valence-corrected chi connectivity index (χ1v) is 7.52. The second-order valence-electron chi connectivity index (χ2n) is 4.63. The first-order valence-electron chi connectivity index (χ1n) is 6.27. The van der Waals surface area contributed by atoms with Gasteiger partial charge in [-0.05, 0) is 0 Å². The van der Waals surface area contributed by atoms with Gasteiger partial charge in [0, 0.05) is 44.8 Å². The van der Waals surface area contributed by atoms with Gasteiger partial charge in [0.2, 0.25) is 0 Å². The number of imidazole rings is 1. The fourth-order valence-electron chi connectivity index (χ4n) is 2.24. The number of nitrogens with zero attached hydrogens (tertiary/aromatic N) is 5. The maximum Gasteiger partial charge on any atom is 0.185 e. The first-order chi connectivity index (χ1) is 9.24. The summed E-state index contributed by atoms with van der Waals surface area (Å²) in [6.45, 7) is 4.96. The molecule has 0 atom stereocenters. The minimum absolute atomic E-state index is 0.691. The molecule has 2 aromatic heterocycles. The van der Waals surface area contributed by atoms with E-state index in [1.54, 1.807) is 17.5 Å². The maximum atomic E-state index is 6.00. The number of rotatable bonds is 3. The van der Waals surface area contributed by atoms with Crippen LogP contribution < -0.4 is 4.90 Å². The van der Waals surface area contributed by atoms with Crippen molar-refractivity contribution in [1.82, 2.24) is 19.4 Å². The molecule has 5 nitrogen and oxygen atoms in total. The summed E-state index contributed by atoms with van der Waals surface area (Å²) in [5.74, 6) is 1.02. The van der Waals surface area contributed by atoms with Crippen LogP contribution in [-0.4, -0.2) is 45.6 Å². The van der Waals surface area contributed by atoms with E-state index in [2.05, 4.69) is 19.8 Å². The van der Waals surface area contributed by atoms with Gasteiger partial charge in [-0.1, -0.05) is 11.6 Å². The molecule has 3 rings (SSSR count). The Morgan fingerprint density at radius 1 is 1.26 bits per heavy atom. The zero-order chi connectivity index (χ0) is 13.2. The maximum absolute atomic E-state index is 6.00. The number of anilines is 1. The van der Waals surface area contributed by atoms with Gasteiger partial charge in [0.15, 0.2) is 5.13 Å². The second kappa shape index (κ2) is 5.48. The highest BCUT2D eigenvalue weighted by Gasteiger charge is 2.20. The average Bonchev–Trinajstić information content (AvgIpc) is 3.06. The molecule has 0 bridgehead atoms. The summed E-state index contributed by atoms with van der Waals surface area (Å²) >= 11 is 7.71. The van der Waals surface area contributed by atoms with Crippen molar-refractivity contribution in [3.63, 3.8) is 0 Å². The van der Waals surface area contributed by atoms with Gasteiger partial charge < -0.3 is 9.47 Å². The van der Waals surface area contributed by atoms with Crippen molar-refractivity contribution >= 4 is 28.1 Å². The number of halogens is 1. The molecule has 1 aliphatic rings. The van der Waals surface area contributed by atoms with E-state index >= 15 is 0 Å². The summed E-state index contributed by atoms with van der Waals surface area (Å²) in [6.07, 6.45) is 3.57. The Kier molecular flexibility index (Phi) is 3.72. The number of hydrogen-bond donors (Lipinski definition) is 0. The molecule has 0 saturated carbocycles. The van der Waals surface area contributed by atoms with Crippen LogP contribution in [0.3, 0.4) is 0 Å². The largest absolute Gasteiger partial charge is 0.346 e. The third kappa shape index (κ3) is 2.75. The Labute approximate surface area is 121 Å². The zero-order valence-corrected chi connectivity index (χ0v) is 12.4. The fourth-order valence-corrected chi connectivity index (χ4v) is 3.08. The van der Waals surface area contributed by atoms with Crippen LogP contribution in [0.25, 0.3) is 0 Å². The minimum atomic E-state index is 0.691. The van der Waals surface area contributed by atoms with E-state index in [1.165, 1.54) is 0 Å². The van der Waals surface area contributed by atoms with Gasteiger partial charge >= 0.3 is 0 Å². The lowest BCUT2D eigenvalue weighted by atomic mass is 10.3. The number of aromatic nitrogens is 3. The SMILES string of the molecule is Cn1c(Cl)cnc1CN1CCN(c2nccs2)CC1. The molecule has 1 saturated heterocycles. The van der Waals surface area contributed by atoms with Crippen LogP contribution in [0.1, 0.15) is 5.82 Å². The van der Waals surface area contributed by atoms with E-state index in [9.17, 15) is 0 Å². The quantitative estimate of drug-likeness (QED) is 0.866. The Morgan fingerprint density at radius 3 is 2.63 bits per heavy atom. The van der Waals surface area contributed by atoms with Gasteiger partial charge in [-0.2, -0.15) is 0 Å². The van der Waals surface area contributed by atoms with Gasteiger partial charge in [0.05, 0.1) is 12.7 Å². The number of piperazine rings is 1. The van der Waals surface area contributed by atoms with Gasteiger partial charge in [-0.15, -0.1) is 11.3 Å². The highest BCUT2D eigenvalue weighted by molar-refractivity contribution is 7.13. The molecule has 1 aliphatic heterocycles. The Hall–Kier alpha value is -1.11. The summed E-state index contributed by atoms with van der Waals surface area (Å²) < 4.78 is 1.94. The molecule has 0 amide bonds. The van der Waals surface area contributed by atoms with E-state index in [0.29, 0.717) is 5.15 Å². The zero-order valence-electron chi connectivity index (χ0n) is 10.8. The first kappa shape index (κ1) is 12.9. The van der Waals surface area contributed by atoms with E-state index in [1.807, 2.05) is 23.2 Å². The van der Waals surface area contributed by atoms with Crippen molar-refractivity contribution < 1.29 is 0 Å². The molecule has 102 valence electrons. The monoisotopic (exact) mass is 297 g/mol. The molecule has 2 aromatic rings. The topological polar surface area (TPSA) is 37.2 Å². The lowest BCUT2D eigenvalue weighted by Gasteiger charge is -2.34. The highest BCUT2D eigenvalue weighted by Crippen LogP contribution is 2.19. The van der Waals surface area contributed by atoms with Gasteiger partial charge in [0.25, 0.3) is 0 Å². The smallest absolute Gasteiger partial charge is 0.185 e. The van der Waals surface area contributed by atoms with Crippen LogP contribution in [0.2, 0.25) is 5.15 Å². The molecule has 19 heavy (non-hydrogen) atoms. The third-order valence-electron chi connectivity index (χ3n) is 3.45. The minimum Gasteiger partial charge on any atom is -0.346 e. The van der Waals surface area contributed by atoms with Crippen molar-refractivity contribution in [2.24, 2.45) is 7.05 Å². The molecular formula is C12H16ClN5S. The van der Waals surface area contributed by atoms with Crippen molar-refractivity contribution in [3.05, 3.63) is 28.8 Å². The average molecular weight is 298 g/mol. The fraction of sp³-hybridized carbons (Fsp3) is 0.500. The molecule has 0 radical (unpaired) electrons.